The van der Waals surface area contributed by atoms with Gasteiger partial charge in [-0.2, -0.15) is 0 Å². The fourth-order valence-electron chi connectivity index (χ4n) is 2.31. The lowest BCUT2D eigenvalue weighted by molar-refractivity contribution is -0.137. The molecule has 0 radical (unpaired) electrons. The average molecular weight is 327 g/mol. The zero-order valence-electron chi connectivity index (χ0n) is 13.8. The first-order valence-corrected chi connectivity index (χ1v) is 7.74. The Labute approximate surface area is 141 Å². The summed E-state index contributed by atoms with van der Waals surface area (Å²) < 4.78 is 5.54. The van der Waals surface area contributed by atoms with Crippen molar-refractivity contribution in [3.05, 3.63) is 59.2 Å². The van der Waals surface area contributed by atoms with E-state index in [0.29, 0.717) is 17.9 Å². The van der Waals surface area contributed by atoms with Crippen LogP contribution >= 0.6 is 0 Å². The number of hydrogen-bond acceptors (Lipinski definition) is 3. The normalized spacial score (nSPS) is 10.2. The molecular weight excluding hydrogens is 306 g/mol. The molecule has 0 spiro atoms. The van der Waals surface area contributed by atoms with Gasteiger partial charge >= 0.3 is 5.97 Å². The zero-order valence-corrected chi connectivity index (χ0v) is 13.8. The number of aliphatic carboxylic acids is 1. The van der Waals surface area contributed by atoms with Crippen LogP contribution in [0, 0.1) is 13.8 Å². The summed E-state index contributed by atoms with van der Waals surface area (Å²) in [6.45, 7) is 3.88. The maximum absolute atomic E-state index is 12.0. The van der Waals surface area contributed by atoms with Gasteiger partial charge in [-0.15, -0.1) is 0 Å². The Hall–Kier alpha value is -2.82. The molecule has 24 heavy (non-hydrogen) atoms. The molecular formula is C19H21NO4. The van der Waals surface area contributed by atoms with E-state index >= 15 is 0 Å². The molecule has 0 bridgehead atoms. The number of carboxylic acids is 1. The van der Waals surface area contributed by atoms with Crippen molar-refractivity contribution in [1.29, 1.82) is 0 Å². The minimum absolute atomic E-state index is 0.0648. The van der Waals surface area contributed by atoms with Crippen LogP contribution in [0.5, 0.6) is 5.75 Å². The molecule has 0 saturated heterocycles. The summed E-state index contributed by atoms with van der Waals surface area (Å²) in [5.41, 5.74) is 3.71. The van der Waals surface area contributed by atoms with E-state index in [9.17, 15) is 9.59 Å². The molecule has 2 N–H and O–H groups in total. The fourth-order valence-corrected chi connectivity index (χ4v) is 2.31. The standard InChI is InChI=1S/C19H21NO4/c1-13-3-9-17(14(2)11-13)24-12-18(21)20-16-7-4-15(5-8-16)6-10-19(22)23/h3-5,7-9,11H,6,10,12H2,1-2H3,(H,20,21)(H,22,23). The first kappa shape index (κ1) is 17.5. The number of ether oxygens (including phenoxy) is 1. The molecule has 0 unspecified atom stereocenters. The van der Waals surface area contributed by atoms with Crippen LogP contribution in [-0.2, 0) is 16.0 Å². The number of carbonyl (C=O) groups excluding carboxylic acids is 1. The number of hydrogen-bond donors (Lipinski definition) is 2. The maximum atomic E-state index is 12.0. The monoisotopic (exact) mass is 327 g/mol. The average Bonchev–Trinajstić information content (AvgIpc) is 2.53. The van der Waals surface area contributed by atoms with Gasteiger partial charge in [0.2, 0.25) is 0 Å². The summed E-state index contributed by atoms with van der Waals surface area (Å²) in [6.07, 6.45) is 0.564. The third-order valence-corrected chi connectivity index (χ3v) is 3.55. The largest absolute Gasteiger partial charge is 0.483 e. The van der Waals surface area contributed by atoms with Crippen LogP contribution in [0.4, 0.5) is 5.69 Å². The highest BCUT2D eigenvalue weighted by Gasteiger charge is 2.06. The quantitative estimate of drug-likeness (QED) is 0.818. The van der Waals surface area contributed by atoms with Crippen LogP contribution in [0.1, 0.15) is 23.1 Å². The van der Waals surface area contributed by atoms with Gasteiger partial charge in [-0.05, 0) is 49.6 Å². The van der Waals surface area contributed by atoms with E-state index in [1.54, 1.807) is 12.1 Å². The maximum Gasteiger partial charge on any atom is 0.303 e. The third kappa shape index (κ3) is 5.43. The molecule has 0 aliphatic heterocycles. The molecule has 0 atom stereocenters. The lowest BCUT2D eigenvalue weighted by atomic mass is 10.1. The highest BCUT2D eigenvalue weighted by atomic mass is 16.5. The number of benzene rings is 2. The lowest BCUT2D eigenvalue weighted by Crippen LogP contribution is -2.20. The molecule has 0 aliphatic rings. The van der Waals surface area contributed by atoms with Crippen molar-refractivity contribution in [1.82, 2.24) is 0 Å². The Bertz CT molecular complexity index is 723. The third-order valence-electron chi connectivity index (χ3n) is 3.55. The summed E-state index contributed by atoms with van der Waals surface area (Å²) >= 11 is 0. The van der Waals surface area contributed by atoms with E-state index in [4.69, 9.17) is 9.84 Å². The van der Waals surface area contributed by atoms with Crippen molar-refractivity contribution in [3.8, 4) is 5.75 Å². The minimum atomic E-state index is -0.823. The van der Waals surface area contributed by atoms with Gasteiger partial charge < -0.3 is 15.2 Å². The van der Waals surface area contributed by atoms with Crippen LogP contribution in [-0.4, -0.2) is 23.6 Å². The van der Waals surface area contributed by atoms with Crippen LogP contribution < -0.4 is 10.1 Å². The smallest absolute Gasteiger partial charge is 0.303 e. The van der Waals surface area contributed by atoms with Crippen molar-refractivity contribution >= 4 is 17.6 Å². The SMILES string of the molecule is Cc1ccc(OCC(=O)Nc2ccc(CCC(=O)O)cc2)c(C)c1. The highest BCUT2D eigenvalue weighted by molar-refractivity contribution is 5.91. The van der Waals surface area contributed by atoms with E-state index in [1.165, 1.54) is 0 Å². The summed E-state index contributed by atoms with van der Waals surface area (Å²) in [5.74, 6) is -0.371. The second-order valence-corrected chi connectivity index (χ2v) is 5.70. The van der Waals surface area contributed by atoms with Crippen LogP contribution in [0.3, 0.4) is 0 Å². The molecule has 2 aromatic carbocycles. The van der Waals surface area contributed by atoms with Gasteiger partial charge in [0, 0.05) is 12.1 Å². The van der Waals surface area contributed by atoms with Gasteiger partial charge in [0.1, 0.15) is 5.75 Å². The van der Waals surface area contributed by atoms with Crippen LogP contribution in [0.25, 0.3) is 0 Å². The molecule has 0 aliphatic carbocycles. The van der Waals surface area contributed by atoms with Gasteiger partial charge in [0.05, 0.1) is 0 Å². The number of rotatable bonds is 7. The van der Waals surface area contributed by atoms with Gasteiger partial charge in [0.15, 0.2) is 6.61 Å². The van der Waals surface area contributed by atoms with Crippen LogP contribution in [0.2, 0.25) is 0 Å². The Morgan fingerprint density at radius 2 is 1.79 bits per heavy atom. The summed E-state index contributed by atoms with van der Waals surface area (Å²) in [4.78, 5) is 22.5. The van der Waals surface area contributed by atoms with E-state index < -0.39 is 5.97 Å². The van der Waals surface area contributed by atoms with Crippen molar-refractivity contribution in [2.45, 2.75) is 26.7 Å². The number of anilines is 1. The van der Waals surface area contributed by atoms with Gasteiger partial charge in [-0.3, -0.25) is 9.59 Å². The van der Waals surface area contributed by atoms with Crippen LogP contribution in [0.15, 0.2) is 42.5 Å². The lowest BCUT2D eigenvalue weighted by Gasteiger charge is -2.10. The van der Waals surface area contributed by atoms with Gasteiger partial charge in [-0.1, -0.05) is 29.8 Å². The Balaban J connectivity index is 1.84. The van der Waals surface area contributed by atoms with E-state index in [1.807, 2.05) is 44.2 Å². The summed E-state index contributed by atoms with van der Waals surface area (Å²) in [5, 5.41) is 11.4. The number of carboxylic acid groups (broad SMARTS) is 1. The molecule has 5 nitrogen and oxygen atoms in total. The summed E-state index contributed by atoms with van der Waals surface area (Å²) in [6, 6.07) is 12.9. The first-order valence-electron chi connectivity index (χ1n) is 7.74. The molecule has 126 valence electrons. The molecule has 2 aromatic rings. The van der Waals surface area contributed by atoms with Crippen molar-refractivity contribution in [2.24, 2.45) is 0 Å². The van der Waals surface area contributed by atoms with Crippen molar-refractivity contribution in [3.63, 3.8) is 0 Å². The number of carbonyl (C=O) groups is 2. The molecule has 1 amide bonds. The number of amides is 1. The minimum Gasteiger partial charge on any atom is -0.483 e. The van der Waals surface area contributed by atoms with Crippen molar-refractivity contribution in [2.75, 3.05) is 11.9 Å². The molecule has 0 fully saturated rings. The Morgan fingerprint density at radius 1 is 1.08 bits per heavy atom. The topological polar surface area (TPSA) is 75.6 Å². The van der Waals surface area contributed by atoms with Gasteiger partial charge in [-0.25, -0.2) is 0 Å². The molecule has 0 saturated carbocycles. The second kappa shape index (κ2) is 8.15. The van der Waals surface area contributed by atoms with E-state index in [-0.39, 0.29) is 18.9 Å². The molecule has 5 heteroatoms. The molecule has 0 heterocycles. The summed E-state index contributed by atoms with van der Waals surface area (Å²) in [7, 11) is 0. The van der Waals surface area contributed by atoms with Gasteiger partial charge in [0.25, 0.3) is 5.91 Å². The zero-order chi connectivity index (χ0) is 17.5. The fraction of sp³-hybridized carbons (Fsp3) is 0.263. The Morgan fingerprint density at radius 3 is 2.42 bits per heavy atom. The molecule has 2 rings (SSSR count). The van der Waals surface area contributed by atoms with E-state index in [2.05, 4.69) is 5.32 Å². The molecule has 0 aromatic heterocycles. The van der Waals surface area contributed by atoms with E-state index in [0.717, 1.165) is 16.7 Å². The highest BCUT2D eigenvalue weighted by Crippen LogP contribution is 2.18. The second-order valence-electron chi connectivity index (χ2n) is 5.70. The first-order chi connectivity index (χ1) is 11.4. The predicted octanol–water partition coefficient (Wildman–Crippen LogP) is 3.34. The number of nitrogens with one attached hydrogen (secondary N) is 1. The predicted molar refractivity (Wildman–Crippen MR) is 92.4 cm³/mol. The van der Waals surface area contributed by atoms with Crippen molar-refractivity contribution < 1.29 is 19.4 Å². The Kier molecular flexibility index (Phi) is 5.95. The number of aryl methyl sites for hydroxylation is 3.